The molecule has 0 atom stereocenters. The fraction of sp³-hybridized carbons (Fsp3) is 0.294. The number of ether oxygens (including phenoxy) is 3. The van der Waals surface area contributed by atoms with Crippen LogP contribution in [-0.4, -0.2) is 43.9 Å². The van der Waals surface area contributed by atoms with Crippen LogP contribution in [0.3, 0.4) is 0 Å². The molecule has 0 bridgehead atoms. The average Bonchev–Trinajstić information content (AvgIpc) is 2.63. The summed E-state index contributed by atoms with van der Waals surface area (Å²) in [6, 6.07) is 9.52. The second-order valence-electron chi connectivity index (χ2n) is 5.07. The van der Waals surface area contributed by atoms with Gasteiger partial charge in [-0.2, -0.15) is 13.2 Å². The molecule has 9 heteroatoms. The minimum atomic E-state index is -4.44. The Balaban J connectivity index is 1.73. The number of rotatable bonds is 8. The number of carbonyl (C=O) groups is 1. The summed E-state index contributed by atoms with van der Waals surface area (Å²) in [7, 11) is 1.56. The molecule has 1 aromatic carbocycles. The zero-order chi connectivity index (χ0) is 19.0. The molecule has 1 amide bonds. The SMILES string of the molecule is COc1ccc(OCCNC(=O)c2ccc(OCC(F)(F)F)nc2)cc1. The molecular formula is C17H17F3N2O4. The highest BCUT2D eigenvalue weighted by Gasteiger charge is 2.28. The molecule has 26 heavy (non-hydrogen) atoms. The van der Waals surface area contributed by atoms with E-state index in [1.54, 1.807) is 31.4 Å². The Bertz CT molecular complexity index is 703. The second-order valence-corrected chi connectivity index (χ2v) is 5.07. The monoisotopic (exact) mass is 370 g/mol. The van der Waals surface area contributed by atoms with Crippen LogP contribution in [0.15, 0.2) is 42.6 Å². The Morgan fingerprint density at radius 1 is 1.08 bits per heavy atom. The number of hydrogen-bond acceptors (Lipinski definition) is 5. The van der Waals surface area contributed by atoms with Gasteiger partial charge in [0.25, 0.3) is 5.91 Å². The van der Waals surface area contributed by atoms with Crippen molar-refractivity contribution in [2.24, 2.45) is 0 Å². The summed E-state index contributed by atoms with van der Waals surface area (Å²) < 4.78 is 51.1. The number of alkyl halides is 3. The third kappa shape index (κ3) is 6.50. The summed E-state index contributed by atoms with van der Waals surface area (Å²) in [4.78, 5) is 15.6. The molecule has 0 aliphatic rings. The van der Waals surface area contributed by atoms with Gasteiger partial charge in [0.05, 0.1) is 19.2 Å². The van der Waals surface area contributed by atoms with Gasteiger partial charge in [0.2, 0.25) is 5.88 Å². The number of nitrogens with zero attached hydrogens (tertiary/aromatic N) is 1. The zero-order valence-electron chi connectivity index (χ0n) is 13.9. The summed E-state index contributed by atoms with van der Waals surface area (Å²) in [5.41, 5.74) is 0.203. The van der Waals surface area contributed by atoms with E-state index in [1.807, 2.05) is 0 Å². The lowest BCUT2D eigenvalue weighted by Gasteiger charge is -2.09. The summed E-state index contributed by atoms with van der Waals surface area (Å²) >= 11 is 0. The van der Waals surface area contributed by atoms with Gasteiger partial charge in [-0.3, -0.25) is 4.79 Å². The number of methoxy groups -OCH3 is 1. The highest BCUT2D eigenvalue weighted by atomic mass is 19.4. The van der Waals surface area contributed by atoms with Gasteiger partial charge in [-0.05, 0) is 30.3 Å². The van der Waals surface area contributed by atoms with Crippen molar-refractivity contribution in [2.45, 2.75) is 6.18 Å². The van der Waals surface area contributed by atoms with E-state index >= 15 is 0 Å². The Labute approximate surface area is 147 Å². The predicted molar refractivity (Wildman–Crippen MR) is 86.6 cm³/mol. The molecule has 1 N–H and O–H groups in total. The van der Waals surface area contributed by atoms with Crippen molar-refractivity contribution in [3.8, 4) is 17.4 Å². The minimum Gasteiger partial charge on any atom is -0.497 e. The van der Waals surface area contributed by atoms with Crippen LogP contribution in [-0.2, 0) is 0 Å². The lowest BCUT2D eigenvalue weighted by atomic mass is 10.2. The molecule has 0 aliphatic heterocycles. The van der Waals surface area contributed by atoms with Crippen molar-refractivity contribution in [2.75, 3.05) is 26.9 Å². The van der Waals surface area contributed by atoms with E-state index in [0.717, 1.165) is 6.20 Å². The van der Waals surface area contributed by atoms with Crippen molar-refractivity contribution < 1.29 is 32.2 Å². The first-order chi connectivity index (χ1) is 12.4. The predicted octanol–water partition coefficient (Wildman–Crippen LogP) is 2.84. The number of benzene rings is 1. The van der Waals surface area contributed by atoms with Crippen molar-refractivity contribution in [1.82, 2.24) is 10.3 Å². The van der Waals surface area contributed by atoms with Crippen LogP contribution in [0, 0.1) is 0 Å². The smallest absolute Gasteiger partial charge is 0.422 e. The molecule has 1 heterocycles. The minimum absolute atomic E-state index is 0.203. The first-order valence-electron chi connectivity index (χ1n) is 7.58. The molecule has 0 saturated carbocycles. The Morgan fingerprint density at radius 3 is 2.35 bits per heavy atom. The molecular weight excluding hydrogens is 353 g/mol. The maximum atomic E-state index is 12.0. The maximum absolute atomic E-state index is 12.0. The van der Waals surface area contributed by atoms with Gasteiger partial charge in [0, 0.05) is 12.3 Å². The normalized spacial score (nSPS) is 10.9. The van der Waals surface area contributed by atoms with Gasteiger partial charge in [0.1, 0.15) is 18.1 Å². The summed E-state index contributed by atoms with van der Waals surface area (Å²) in [5.74, 6) is 0.716. The Kier molecular flexibility index (Phi) is 6.65. The van der Waals surface area contributed by atoms with E-state index in [0.29, 0.717) is 11.5 Å². The average molecular weight is 370 g/mol. The Hall–Kier alpha value is -2.97. The van der Waals surface area contributed by atoms with Gasteiger partial charge in [-0.25, -0.2) is 4.98 Å². The van der Waals surface area contributed by atoms with Crippen LogP contribution < -0.4 is 19.5 Å². The quantitative estimate of drug-likeness (QED) is 0.724. The molecule has 2 rings (SSSR count). The standard InChI is InChI=1S/C17H17F3N2O4/c1-24-13-3-5-14(6-4-13)25-9-8-21-16(23)12-2-7-15(22-10-12)26-11-17(18,19)20/h2-7,10H,8-9,11H2,1H3,(H,21,23). The van der Waals surface area contributed by atoms with Gasteiger partial charge in [-0.15, -0.1) is 0 Å². The zero-order valence-corrected chi connectivity index (χ0v) is 13.9. The molecule has 0 saturated heterocycles. The van der Waals surface area contributed by atoms with Crippen molar-refractivity contribution in [3.05, 3.63) is 48.2 Å². The van der Waals surface area contributed by atoms with Gasteiger partial charge in [0.15, 0.2) is 6.61 Å². The van der Waals surface area contributed by atoms with Crippen LogP contribution in [0.25, 0.3) is 0 Å². The van der Waals surface area contributed by atoms with E-state index < -0.39 is 18.7 Å². The van der Waals surface area contributed by atoms with Crippen LogP contribution in [0.2, 0.25) is 0 Å². The summed E-state index contributed by atoms with van der Waals surface area (Å²) in [5, 5.41) is 2.62. The number of hydrogen-bond donors (Lipinski definition) is 1. The van der Waals surface area contributed by atoms with Gasteiger partial charge < -0.3 is 19.5 Å². The third-order valence-electron chi connectivity index (χ3n) is 3.10. The fourth-order valence-electron chi connectivity index (χ4n) is 1.86. The number of nitrogens with one attached hydrogen (secondary N) is 1. The van der Waals surface area contributed by atoms with Crippen LogP contribution in [0.1, 0.15) is 10.4 Å². The lowest BCUT2D eigenvalue weighted by molar-refractivity contribution is -0.154. The largest absolute Gasteiger partial charge is 0.497 e. The first kappa shape index (κ1) is 19.4. The van der Waals surface area contributed by atoms with E-state index in [1.165, 1.54) is 12.1 Å². The van der Waals surface area contributed by atoms with E-state index in [9.17, 15) is 18.0 Å². The fourth-order valence-corrected chi connectivity index (χ4v) is 1.86. The molecule has 6 nitrogen and oxygen atoms in total. The lowest BCUT2D eigenvalue weighted by Crippen LogP contribution is -2.28. The number of pyridine rings is 1. The molecule has 0 unspecified atom stereocenters. The number of carbonyl (C=O) groups excluding carboxylic acids is 1. The molecule has 1 aromatic heterocycles. The van der Waals surface area contributed by atoms with Gasteiger partial charge in [-0.1, -0.05) is 0 Å². The Morgan fingerprint density at radius 2 is 1.77 bits per heavy atom. The number of amides is 1. The van der Waals surface area contributed by atoms with E-state index in [4.69, 9.17) is 9.47 Å². The highest BCUT2D eigenvalue weighted by molar-refractivity contribution is 5.93. The van der Waals surface area contributed by atoms with E-state index in [2.05, 4.69) is 15.0 Å². The van der Waals surface area contributed by atoms with Crippen LogP contribution >= 0.6 is 0 Å². The molecule has 0 spiro atoms. The second kappa shape index (κ2) is 8.93. The first-order valence-corrected chi connectivity index (χ1v) is 7.58. The maximum Gasteiger partial charge on any atom is 0.422 e. The summed E-state index contributed by atoms with van der Waals surface area (Å²) in [6.07, 6.45) is -3.30. The van der Waals surface area contributed by atoms with Crippen molar-refractivity contribution in [1.29, 1.82) is 0 Å². The van der Waals surface area contributed by atoms with Crippen LogP contribution in [0.4, 0.5) is 13.2 Å². The van der Waals surface area contributed by atoms with Crippen LogP contribution in [0.5, 0.6) is 17.4 Å². The van der Waals surface area contributed by atoms with E-state index in [-0.39, 0.29) is 24.6 Å². The molecule has 0 fully saturated rings. The third-order valence-corrected chi connectivity index (χ3v) is 3.10. The molecule has 140 valence electrons. The summed E-state index contributed by atoms with van der Waals surface area (Å²) in [6.45, 7) is -0.941. The molecule has 0 aliphatic carbocycles. The van der Waals surface area contributed by atoms with Gasteiger partial charge >= 0.3 is 6.18 Å². The van der Waals surface area contributed by atoms with Crippen molar-refractivity contribution >= 4 is 5.91 Å². The van der Waals surface area contributed by atoms with Crippen molar-refractivity contribution in [3.63, 3.8) is 0 Å². The number of aromatic nitrogens is 1. The topological polar surface area (TPSA) is 69.7 Å². The molecule has 2 aromatic rings. The molecule has 0 radical (unpaired) electrons. The highest BCUT2D eigenvalue weighted by Crippen LogP contribution is 2.17. The number of halogens is 3.